The van der Waals surface area contributed by atoms with Gasteiger partial charge < -0.3 is 5.32 Å². The highest BCUT2D eigenvalue weighted by Gasteiger charge is 2.19. The van der Waals surface area contributed by atoms with Crippen molar-refractivity contribution >= 4 is 17.5 Å². The van der Waals surface area contributed by atoms with Crippen molar-refractivity contribution in [2.24, 2.45) is 0 Å². The number of carbonyl (C=O) groups excluding carboxylic acids is 1. The fourth-order valence-electron chi connectivity index (χ4n) is 2.71. The van der Waals surface area contributed by atoms with Crippen LogP contribution in [0.5, 0.6) is 0 Å². The van der Waals surface area contributed by atoms with Gasteiger partial charge in [0.2, 0.25) is 0 Å². The zero-order valence-electron chi connectivity index (χ0n) is 13.4. The Hall–Kier alpha value is -2.58. The van der Waals surface area contributed by atoms with Crippen LogP contribution in [-0.2, 0) is 0 Å². The van der Waals surface area contributed by atoms with Crippen LogP contribution in [0.3, 0.4) is 0 Å². The fraction of sp³-hybridized carbons (Fsp3) is 0.0952. The number of carbonyl (C=O) groups is 1. The Morgan fingerprint density at radius 2 is 1.50 bits per heavy atom. The Kier molecular flexibility index (Phi) is 4.97. The van der Waals surface area contributed by atoms with E-state index in [4.69, 9.17) is 11.6 Å². The lowest BCUT2D eigenvalue weighted by Crippen LogP contribution is -2.29. The molecule has 120 valence electrons. The molecule has 1 N–H and O–H groups in total. The topological polar surface area (TPSA) is 29.1 Å². The Labute approximate surface area is 147 Å². The van der Waals surface area contributed by atoms with Crippen molar-refractivity contribution < 1.29 is 4.79 Å². The third-order valence-electron chi connectivity index (χ3n) is 4.01. The molecule has 0 fully saturated rings. The van der Waals surface area contributed by atoms with Crippen LogP contribution in [0.2, 0.25) is 5.02 Å². The number of aryl methyl sites for hydroxylation is 1. The average Bonchev–Trinajstić information content (AvgIpc) is 2.61. The Morgan fingerprint density at radius 1 is 0.875 bits per heavy atom. The number of nitrogens with one attached hydrogen (secondary N) is 1. The molecule has 3 rings (SSSR count). The zero-order valence-corrected chi connectivity index (χ0v) is 14.1. The standard InChI is InChI=1S/C21H18ClNO/c1-15-7-5-6-10-19(15)20(16-8-3-2-4-9-16)23-21(24)17-11-13-18(22)14-12-17/h2-14,20H,1H3,(H,23,24). The van der Waals surface area contributed by atoms with Gasteiger partial charge in [0, 0.05) is 10.6 Å². The van der Waals surface area contributed by atoms with E-state index in [9.17, 15) is 4.79 Å². The zero-order chi connectivity index (χ0) is 16.9. The summed E-state index contributed by atoms with van der Waals surface area (Å²) in [5.41, 5.74) is 3.87. The van der Waals surface area contributed by atoms with E-state index in [1.807, 2.05) is 42.5 Å². The van der Waals surface area contributed by atoms with Crippen molar-refractivity contribution in [1.29, 1.82) is 0 Å². The summed E-state index contributed by atoms with van der Waals surface area (Å²) in [6, 6.07) is 24.8. The van der Waals surface area contributed by atoms with Crippen LogP contribution in [0.4, 0.5) is 0 Å². The molecule has 0 aromatic heterocycles. The van der Waals surface area contributed by atoms with E-state index in [1.54, 1.807) is 24.3 Å². The van der Waals surface area contributed by atoms with E-state index < -0.39 is 0 Å². The second-order valence-corrected chi connectivity index (χ2v) is 6.12. The summed E-state index contributed by atoms with van der Waals surface area (Å²) < 4.78 is 0. The van der Waals surface area contributed by atoms with Crippen molar-refractivity contribution in [3.05, 3.63) is 106 Å². The fourth-order valence-corrected chi connectivity index (χ4v) is 2.84. The van der Waals surface area contributed by atoms with E-state index in [0.29, 0.717) is 10.6 Å². The molecule has 24 heavy (non-hydrogen) atoms. The minimum absolute atomic E-state index is 0.122. The first-order valence-electron chi connectivity index (χ1n) is 7.82. The molecule has 0 saturated carbocycles. The van der Waals surface area contributed by atoms with E-state index >= 15 is 0 Å². The van der Waals surface area contributed by atoms with Gasteiger partial charge in [0.05, 0.1) is 6.04 Å². The second kappa shape index (κ2) is 7.33. The molecule has 1 unspecified atom stereocenters. The lowest BCUT2D eigenvalue weighted by molar-refractivity contribution is 0.0943. The maximum atomic E-state index is 12.7. The molecule has 3 aromatic rings. The van der Waals surface area contributed by atoms with Gasteiger partial charge >= 0.3 is 0 Å². The van der Waals surface area contributed by atoms with Crippen LogP contribution in [-0.4, -0.2) is 5.91 Å². The van der Waals surface area contributed by atoms with Crippen LogP contribution in [0.25, 0.3) is 0 Å². The van der Waals surface area contributed by atoms with Crippen LogP contribution in [0.1, 0.15) is 33.1 Å². The number of amides is 1. The van der Waals surface area contributed by atoms with Crippen LogP contribution >= 0.6 is 11.6 Å². The highest BCUT2D eigenvalue weighted by atomic mass is 35.5. The van der Waals surface area contributed by atoms with E-state index in [0.717, 1.165) is 16.7 Å². The smallest absolute Gasteiger partial charge is 0.252 e. The number of hydrogen-bond donors (Lipinski definition) is 1. The highest BCUT2D eigenvalue weighted by Crippen LogP contribution is 2.25. The van der Waals surface area contributed by atoms with Gasteiger partial charge in [-0.2, -0.15) is 0 Å². The van der Waals surface area contributed by atoms with Gasteiger partial charge in [0.25, 0.3) is 5.91 Å². The Bertz CT molecular complexity index is 828. The molecule has 0 heterocycles. The number of hydrogen-bond acceptors (Lipinski definition) is 1. The SMILES string of the molecule is Cc1ccccc1C(NC(=O)c1ccc(Cl)cc1)c1ccccc1. The predicted molar refractivity (Wildman–Crippen MR) is 98.4 cm³/mol. The summed E-state index contributed by atoms with van der Waals surface area (Å²) >= 11 is 5.90. The van der Waals surface area contributed by atoms with E-state index in [1.165, 1.54) is 0 Å². The number of halogens is 1. The highest BCUT2D eigenvalue weighted by molar-refractivity contribution is 6.30. The lowest BCUT2D eigenvalue weighted by atomic mass is 9.94. The molecular weight excluding hydrogens is 318 g/mol. The van der Waals surface area contributed by atoms with Gasteiger partial charge in [-0.05, 0) is 47.9 Å². The third-order valence-corrected chi connectivity index (χ3v) is 4.27. The molecule has 0 radical (unpaired) electrons. The molecular formula is C21H18ClNO. The monoisotopic (exact) mass is 335 g/mol. The molecule has 0 aliphatic rings. The molecule has 2 nitrogen and oxygen atoms in total. The molecule has 0 aliphatic heterocycles. The largest absolute Gasteiger partial charge is 0.341 e. The van der Waals surface area contributed by atoms with Crippen molar-refractivity contribution in [3.63, 3.8) is 0 Å². The minimum atomic E-state index is -0.199. The first-order chi connectivity index (χ1) is 11.6. The Morgan fingerprint density at radius 3 is 2.17 bits per heavy atom. The van der Waals surface area contributed by atoms with Crippen LogP contribution < -0.4 is 5.32 Å². The van der Waals surface area contributed by atoms with Gasteiger partial charge in [0.15, 0.2) is 0 Å². The van der Waals surface area contributed by atoms with Gasteiger partial charge in [-0.3, -0.25) is 4.79 Å². The van der Waals surface area contributed by atoms with Gasteiger partial charge in [-0.1, -0.05) is 66.2 Å². The van der Waals surface area contributed by atoms with Crippen molar-refractivity contribution in [2.75, 3.05) is 0 Å². The van der Waals surface area contributed by atoms with Crippen molar-refractivity contribution in [3.8, 4) is 0 Å². The first-order valence-corrected chi connectivity index (χ1v) is 8.20. The van der Waals surface area contributed by atoms with E-state index in [-0.39, 0.29) is 11.9 Å². The Balaban J connectivity index is 1.95. The quantitative estimate of drug-likeness (QED) is 0.700. The average molecular weight is 336 g/mol. The molecule has 1 atom stereocenters. The molecule has 0 bridgehead atoms. The third kappa shape index (κ3) is 3.66. The summed E-state index contributed by atoms with van der Waals surface area (Å²) in [6.07, 6.45) is 0. The summed E-state index contributed by atoms with van der Waals surface area (Å²) in [5, 5.41) is 3.76. The van der Waals surface area contributed by atoms with Gasteiger partial charge in [0.1, 0.15) is 0 Å². The molecule has 1 amide bonds. The summed E-state index contributed by atoms with van der Waals surface area (Å²) in [6.45, 7) is 2.06. The summed E-state index contributed by atoms with van der Waals surface area (Å²) in [7, 11) is 0. The van der Waals surface area contributed by atoms with Gasteiger partial charge in [-0.15, -0.1) is 0 Å². The van der Waals surface area contributed by atoms with E-state index in [2.05, 4.69) is 24.4 Å². The van der Waals surface area contributed by atoms with Crippen molar-refractivity contribution in [2.45, 2.75) is 13.0 Å². The molecule has 0 aliphatic carbocycles. The molecule has 0 spiro atoms. The number of benzene rings is 3. The first kappa shape index (κ1) is 16.3. The lowest BCUT2D eigenvalue weighted by Gasteiger charge is -2.21. The maximum absolute atomic E-state index is 12.7. The second-order valence-electron chi connectivity index (χ2n) is 5.68. The van der Waals surface area contributed by atoms with Gasteiger partial charge in [-0.25, -0.2) is 0 Å². The molecule has 0 saturated heterocycles. The number of rotatable bonds is 4. The molecule has 3 aromatic carbocycles. The van der Waals surface area contributed by atoms with Crippen LogP contribution in [0, 0.1) is 6.92 Å². The summed E-state index contributed by atoms with van der Waals surface area (Å²) in [4.78, 5) is 12.7. The molecule has 3 heteroatoms. The van der Waals surface area contributed by atoms with Crippen LogP contribution in [0.15, 0.2) is 78.9 Å². The predicted octanol–water partition coefficient (Wildman–Crippen LogP) is 5.17. The maximum Gasteiger partial charge on any atom is 0.252 e. The summed E-state index contributed by atoms with van der Waals surface area (Å²) in [5.74, 6) is -0.122. The minimum Gasteiger partial charge on any atom is -0.341 e. The van der Waals surface area contributed by atoms with Crippen molar-refractivity contribution in [1.82, 2.24) is 5.32 Å². The normalized spacial score (nSPS) is 11.8.